The first-order valence-electron chi connectivity index (χ1n) is 16.3. The normalized spacial score (nSPS) is 26.0. The molecule has 0 bridgehead atoms. The van der Waals surface area contributed by atoms with Crippen LogP contribution >= 0.6 is 0 Å². The van der Waals surface area contributed by atoms with E-state index in [-0.39, 0.29) is 6.04 Å². The topological polar surface area (TPSA) is 129 Å². The van der Waals surface area contributed by atoms with Crippen molar-refractivity contribution in [2.75, 3.05) is 42.7 Å². The van der Waals surface area contributed by atoms with E-state index in [1.807, 2.05) is 43.4 Å². The van der Waals surface area contributed by atoms with Crippen LogP contribution in [-0.2, 0) is 65.9 Å². The summed E-state index contributed by atoms with van der Waals surface area (Å²) in [5.74, 6) is -10.2. The van der Waals surface area contributed by atoms with E-state index in [1.54, 1.807) is 19.6 Å². The van der Waals surface area contributed by atoms with Gasteiger partial charge in [0.25, 0.3) is 0 Å². The number of hydrogen-bond donors (Lipinski definition) is 0. The van der Waals surface area contributed by atoms with E-state index in [0.717, 1.165) is 5.19 Å². The molecule has 3 atom stereocenters. The van der Waals surface area contributed by atoms with Crippen molar-refractivity contribution in [1.29, 1.82) is 0 Å². The monoisotopic (exact) mass is 915 g/mol. The maximum absolute atomic E-state index is 14.6. The van der Waals surface area contributed by atoms with E-state index >= 15 is 0 Å². The average molecular weight is 916 g/mol. The molecule has 3 unspecified atom stereocenters. The Morgan fingerprint density at radius 3 is 1.54 bits per heavy atom. The lowest BCUT2D eigenvalue weighted by molar-refractivity contribution is -0.0190. The van der Waals surface area contributed by atoms with Crippen LogP contribution in [0.25, 0.3) is 0 Å². The summed E-state index contributed by atoms with van der Waals surface area (Å²) < 4.78 is 158. The molecule has 3 rings (SSSR count). The Balaban J connectivity index is 2.13. The highest BCUT2D eigenvalue weighted by molar-refractivity contribution is 6.91. The summed E-state index contributed by atoms with van der Waals surface area (Å²) in [5, 5.41) is 0.914. The molecule has 0 saturated carbocycles. The number of benzene rings is 2. The van der Waals surface area contributed by atoms with Crippen LogP contribution in [0.4, 0.5) is 22.0 Å². The van der Waals surface area contributed by atoms with E-state index < -0.39 is 112 Å². The summed E-state index contributed by atoms with van der Waals surface area (Å²) in [6.45, 7) is 11.7. The lowest BCUT2D eigenvalue weighted by atomic mass is 10.1. The van der Waals surface area contributed by atoms with Gasteiger partial charge < -0.3 is 59.5 Å². The van der Waals surface area contributed by atoms with Crippen LogP contribution in [0.5, 0.6) is 0 Å². The van der Waals surface area contributed by atoms with Crippen molar-refractivity contribution in [2.24, 2.45) is 0 Å². The molecule has 1 aliphatic heterocycles. The molecule has 2 aromatic rings. The highest BCUT2D eigenvalue weighted by atomic mass is 28.6. The molecule has 0 N–H and O–H groups in total. The van der Waals surface area contributed by atoms with E-state index in [2.05, 4.69) is 0 Å². The third-order valence-corrected chi connectivity index (χ3v) is 35.4. The van der Waals surface area contributed by atoms with Crippen molar-refractivity contribution in [1.82, 2.24) is 0 Å². The Kier molecular flexibility index (Phi) is 16.3. The minimum atomic E-state index is -4.55. The zero-order chi connectivity index (χ0) is 41.0. The predicted molar refractivity (Wildman–Crippen MR) is 199 cm³/mol. The lowest BCUT2D eigenvalue weighted by Crippen LogP contribution is -2.71. The van der Waals surface area contributed by atoms with Crippen LogP contribution in [0.2, 0.25) is 51.9 Å². The van der Waals surface area contributed by atoms with Gasteiger partial charge in [-0.05, 0) is 43.8 Å². The van der Waals surface area contributed by atoms with Gasteiger partial charge in [0, 0.05) is 67.9 Å². The van der Waals surface area contributed by atoms with Crippen molar-refractivity contribution in [2.45, 2.75) is 58.3 Å². The van der Waals surface area contributed by atoms with Gasteiger partial charge in [-0.2, -0.15) is 0 Å². The van der Waals surface area contributed by atoms with Crippen molar-refractivity contribution in [3.8, 4) is 0 Å². The maximum Gasteiger partial charge on any atom is 0.665 e. The standard InChI is InChI=1S/C27H48F5O14Si8/c1-33-50(11)40-47(39-49(9,10)21-17-15-14-16-18-21)41-53(35-3,36-4)46-54(37-5,38-6)45-52(13,44-51(12,34-2)43-50)42-48(7,8)20-19-22-23(28)25(30)27(32)26(31)24(22)29/h14-18H,19-20H2,1-13H3. The summed E-state index contributed by atoms with van der Waals surface area (Å²) in [6.07, 6.45) is -0.578. The fourth-order valence-electron chi connectivity index (χ4n) is 5.14. The van der Waals surface area contributed by atoms with E-state index in [1.165, 1.54) is 55.8 Å². The molecule has 1 radical (unpaired) electrons. The fraction of sp³-hybridized carbons (Fsp3) is 0.556. The van der Waals surface area contributed by atoms with Gasteiger partial charge in [0.15, 0.2) is 31.6 Å². The van der Waals surface area contributed by atoms with Crippen molar-refractivity contribution in [3.63, 3.8) is 0 Å². The summed E-state index contributed by atoms with van der Waals surface area (Å²) in [4.78, 5) is 0. The second-order valence-electron chi connectivity index (χ2n) is 13.1. The Morgan fingerprint density at radius 1 is 0.574 bits per heavy atom. The number of halogens is 5. The largest absolute Gasteiger partial charge is 0.665 e. The zero-order valence-electron chi connectivity index (χ0n) is 32.4. The Labute approximate surface area is 322 Å². The van der Waals surface area contributed by atoms with Gasteiger partial charge in [0.2, 0.25) is 14.1 Å². The van der Waals surface area contributed by atoms with E-state index in [4.69, 9.17) is 59.5 Å². The van der Waals surface area contributed by atoms with Gasteiger partial charge in [0.1, 0.15) is 0 Å². The first kappa shape index (κ1) is 47.6. The van der Waals surface area contributed by atoms with Crippen LogP contribution in [0, 0.1) is 29.1 Å². The molecule has 1 fully saturated rings. The zero-order valence-corrected chi connectivity index (χ0v) is 40.4. The smallest absolute Gasteiger partial charge is 0.417 e. The molecule has 27 heteroatoms. The van der Waals surface area contributed by atoms with Gasteiger partial charge >= 0.3 is 54.0 Å². The fourth-order valence-corrected chi connectivity index (χ4v) is 33.8. The van der Waals surface area contributed by atoms with E-state index in [0.29, 0.717) is 0 Å². The van der Waals surface area contributed by atoms with Crippen molar-refractivity contribution < 1.29 is 81.4 Å². The predicted octanol–water partition coefficient (Wildman–Crippen LogP) is 4.83. The Morgan fingerprint density at radius 2 is 1.06 bits per heavy atom. The highest BCUT2D eigenvalue weighted by Gasteiger charge is 2.67. The second-order valence-corrected chi connectivity index (χ2v) is 37.3. The number of rotatable bonds is 14. The molecule has 307 valence electrons. The van der Waals surface area contributed by atoms with Gasteiger partial charge in [-0.15, -0.1) is 0 Å². The van der Waals surface area contributed by atoms with Crippen LogP contribution in [-0.4, -0.2) is 113 Å². The van der Waals surface area contributed by atoms with Gasteiger partial charge in [0.05, 0.1) is 0 Å². The third kappa shape index (κ3) is 11.5. The van der Waals surface area contributed by atoms with Gasteiger partial charge in [-0.1, -0.05) is 30.3 Å². The van der Waals surface area contributed by atoms with Crippen molar-refractivity contribution in [3.05, 3.63) is 65.0 Å². The Bertz CT molecular complexity index is 1540. The average Bonchev–Trinajstić information content (AvgIpc) is 3.11. The molecular formula is C27H48F5O14Si8. The lowest BCUT2D eigenvalue weighted by Gasteiger charge is -2.45. The van der Waals surface area contributed by atoms with Crippen LogP contribution in [0.3, 0.4) is 0 Å². The van der Waals surface area contributed by atoms with Crippen LogP contribution in [0.15, 0.2) is 30.3 Å². The highest BCUT2D eigenvalue weighted by Crippen LogP contribution is 2.35. The molecule has 1 aliphatic rings. The third-order valence-electron chi connectivity index (χ3n) is 8.07. The number of hydrogen-bond acceptors (Lipinski definition) is 14. The molecule has 0 aromatic heterocycles. The molecule has 1 heterocycles. The Hall–Kier alpha value is -0.735. The molecule has 1 saturated heterocycles. The van der Waals surface area contributed by atoms with Crippen LogP contribution < -0.4 is 5.19 Å². The van der Waals surface area contributed by atoms with Crippen molar-refractivity contribution >= 4 is 75.9 Å². The first-order chi connectivity index (χ1) is 24.9. The summed E-state index contributed by atoms with van der Waals surface area (Å²) in [5.41, 5.74) is -0.992. The van der Waals surface area contributed by atoms with E-state index in [9.17, 15) is 22.0 Å². The second kappa shape index (κ2) is 18.5. The summed E-state index contributed by atoms with van der Waals surface area (Å²) in [6, 6.07) is 9.31. The molecule has 2 aromatic carbocycles. The molecule has 54 heavy (non-hydrogen) atoms. The summed E-state index contributed by atoms with van der Waals surface area (Å²) >= 11 is 0. The minimum absolute atomic E-state index is 0.169. The molecular weight excluding hydrogens is 868 g/mol. The maximum atomic E-state index is 14.6. The minimum Gasteiger partial charge on any atom is -0.417 e. The quantitative estimate of drug-likeness (QED) is 0.111. The van der Waals surface area contributed by atoms with Gasteiger partial charge in [-0.3, -0.25) is 0 Å². The molecule has 14 nitrogen and oxygen atoms in total. The first-order valence-corrected chi connectivity index (χ1v) is 33.4. The molecule has 0 amide bonds. The summed E-state index contributed by atoms with van der Waals surface area (Å²) in [7, 11) is -22.6. The molecule has 0 aliphatic carbocycles. The van der Waals surface area contributed by atoms with Crippen LogP contribution in [0.1, 0.15) is 5.56 Å². The SMILES string of the molecule is CO[Si]1(C)O[Si](O[Si](C)(C)c2ccccc2)O[Si](OC)(OC)O[Si](OC)(OC)O[Si](C)(O[Si](C)(C)CCc2c(F)c(F)c(F)c(F)c2F)O[Si](C)(OC)O1. The molecule has 0 spiro atoms. The van der Waals surface area contributed by atoms with Gasteiger partial charge in [-0.25, -0.2) is 22.0 Å².